The second-order valence-electron chi connectivity index (χ2n) is 3.02. The SMILES string of the molecule is NC1CCCCC1N.O=S(=O)([O-])[O-].[Pt+2]. The van der Waals surface area contributed by atoms with E-state index >= 15 is 0 Å². The van der Waals surface area contributed by atoms with E-state index in [-0.39, 0.29) is 33.1 Å². The van der Waals surface area contributed by atoms with E-state index in [9.17, 15) is 0 Å². The van der Waals surface area contributed by atoms with Gasteiger partial charge in [0.2, 0.25) is 0 Å². The van der Waals surface area contributed by atoms with Crippen LogP contribution < -0.4 is 11.5 Å². The van der Waals surface area contributed by atoms with Crippen LogP contribution in [-0.2, 0) is 31.5 Å². The number of hydrogen-bond donors (Lipinski definition) is 2. The van der Waals surface area contributed by atoms with Crippen molar-refractivity contribution in [3.05, 3.63) is 0 Å². The van der Waals surface area contributed by atoms with E-state index in [1.807, 2.05) is 0 Å². The number of rotatable bonds is 0. The molecule has 6 nitrogen and oxygen atoms in total. The predicted octanol–water partition coefficient (Wildman–Crippen LogP) is -1.13. The van der Waals surface area contributed by atoms with Crippen LogP contribution in [0.1, 0.15) is 25.7 Å². The molecule has 0 aromatic heterocycles. The Bertz CT molecular complexity index is 216. The molecule has 0 saturated heterocycles. The van der Waals surface area contributed by atoms with Gasteiger partial charge in [0.05, 0.1) is 0 Å². The third kappa shape index (κ3) is 12.5. The molecule has 88 valence electrons. The van der Waals surface area contributed by atoms with E-state index < -0.39 is 10.4 Å². The van der Waals surface area contributed by atoms with E-state index in [0.717, 1.165) is 12.8 Å². The van der Waals surface area contributed by atoms with Gasteiger partial charge in [-0.25, -0.2) is 0 Å². The molecule has 8 heteroatoms. The topological polar surface area (TPSA) is 132 Å². The van der Waals surface area contributed by atoms with Crippen molar-refractivity contribution in [3.63, 3.8) is 0 Å². The zero-order valence-corrected chi connectivity index (χ0v) is 10.6. The standard InChI is InChI=1S/C6H14N2.H2O4S.Pt/c7-5-3-1-2-4-6(5)8;1-5(2,3)4;/h5-6H,1-4,7-8H2;(H2,1,2,3,4);/q;;+2/p-2. The molecule has 1 rings (SSSR count). The smallest absolute Gasteiger partial charge is 0.759 e. The van der Waals surface area contributed by atoms with E-state index in [2.05, 4.69) is 0 Å². The monoisotopic (exact) mass is 405 g/mol. The molecule has 1 fully saturated rings. The minimum absolute atomic E-state index is 0. The van der Waals surface area contributed by atoms with Crippen LogP contribution in [-0.4, -0.2) is 29.6 Å². The van der Waals surface area contributed by atoms with Crippen LogP contribution in [0.4, 0.5) is 0 Å². The van der Waals surface area contributed by atoms with E-state index in [0.29, 0.717) is 0 Å². The van der Waals surface area contributed by atoms with E-state index in [1.165, 1.54) is 12.8 Å². The summed E-state index contributed by atoms with van der Waals surface area (Å²) in [5.74, 6) is 0. The summed E-state index contributed by atoms with van der Waals surface area (Å²) >= 11 is 0. The van der Waals surface area contributed by atoms with Crippen molar-refractivity contribution in [2.75, 3.05) is 0 Å². The fourth-order valence-corrected chi connectivity index (χ4v) is 1.19. The molecule has 0 bridgehead atoms. The normalized spacial score (nSPS) is 26.9. The molecule has 14 heavy (non-hydrogen) atoms. The van der Waals surface area contributed by atoms with Crippen LogP contribution in [0.5, 0.6) is 0 Å². The molecular formula is C6H14N2O4PtS. The molecule has 0 aromatic rings. The van der Waals surface area contributed by atoms with Crippen LogP contribution in [0.2, 0.25) is 0 Å². The van der Waals surface area contributed by atoms with Gasteiger partial charge in [-0.15, -0.1) is 0 Å². The summed E-state index contributed by atoms with van der Waals surface area (Å²) in [6, 6.07) is 0.562. The molecule has 0 amide bonds. The average Bonchev–Trinajstić information content (AvgIpc) is 1.92. The first-order valence-corrected chi connectivity index (χ1v) is 5.32. The van der Waals surface area contributed by atoms with E-state index in [1.54, 1.807) is 0 Å². The molecule has 0 spiro atoms. The minimum Gasteiger partial charge on any atom is -0.759 e. The van der Waals surface area contributed by atoms with Gasteiger partial charge in [0, 0.05) is 22.5 Å². The van der Waals surface area contributed by atoms with Gasteiger partial charge in [-0.3, -0.25) is 8.42 Å². The van der Waals surface area contributed by atoms with Crippen LogP contribution in [0.3, 0.4) is 0 Å². The summed E-state index contributed by atoms with van der Waals surface area (Å²) in [5, 5.41) is 0. The Hall–Kier alpha value is 0.478. The fourth-order valence-electron chi connectivity index (χ4n) is 1.19. The van der Waals surface area contributed by atoms with Crippen molar-refractivity contribution in [2.45, 2.75) is 37.8 Å². The fraction of sp³-hybridized carbons (Fsp3) is 1.00. The van der Waals surface area contributed by atoms with Gasteiger partial charge >= 0.3 is 21.1 Å². The van der Waals surface area contributed by atoms with Gasteiger partial charge in [-0.1, -0.05) is 12.8 Å². The van der Waals surface area contributed by atoms with Crippen molar-refractivity contribution >= 4 is 10.4 Å². The van der Waals surface area contributed by atoms with Crippen molar-refractivity contribution < 1.29 is 38.6 Å². The maximum absolute atomic E-state index is 8.52. The summed E-state index contributed by atoms with van der Waals surface area (Å²) in [7, 11) is -5.17. The minimum atomic E-state index is -5.17. The maximum atomic E-state index is 8.52. The molecule has 1 saturated carbocycles. The Labute approximate surface area is 98.3 Å². The Morgan fingerprint density at radius 2 is 1.21 bits per heavy atom. The van der Waals surface area contributed by atoms with Gasteiger partial charge < -0.3 is 20.6 Å². The zero-order valence-electron chi connectivity index (χ0n) is 7.50. The first-order valence-electron chi connectivity index (χ1n) is 3.98. The largest absolute Gasteiger partial charge is 2.00 e. The van der Waals surface area contributed by atoms with Crippen LogP contribution in [0.25, 0.3) is 0 Å². The third-order valence-corrected chi connectivity index (χ3v) is 1.87. The molecule has 2 unspecified atom stereocenters. The summed E-state index contributed by atoms with van der Waals surface area (Å²) < 4.78 is 34.1. The summed E-state index contributed by atoms with van der Waals surface area (Å²) in [4.78, 5) is 0. The van der Waals surface area contributed by atoms with Crippen LogP contribution in [0.15, 0.2) is 0 Å². The molecule has 0 heterocycles. The molecule has 0 radical (unpaired) electrons. The van der Waals surface area contributed by atoms with Gasteiger partial charge in [0.25, 0.3) is 0 Å². The molecule has 1 aliphatic rings. The molecular weight excluding hydrogens is 391 g/mol. The third-order valence-electron chi connectivity index (χ3n) is 1.87. The Balaban J connectivity index is 0. The molecule has 4 N–H and O–H groups in total. The second-order valence-corrected chi connectivity index (χ2v) is 3.84. The molecule has 1 aliphatic carbocycles. The summed E-state index contributed by atoms with van der Waals surface area (Å²) in [6.45, 7) is 0. The maximum Gasteiger partial charge on any atom is 2.00 e. The average molecular weight is 405 g/mol. The quantitative estimate of drug-likeness (QED) is 0.387. The van der Waals surface area contributed by atoms with Gasteiger partial charge in [0.15, 0.2) is 0 Å². The Morgan fingerprint density at radius 1 is 1.00 bits per heavy atom. The first kappa shape index (κ1) is 16.9. The van der Waals surface area contributed by atoms with Crippen molar-refractivity contribution in [1.29, 1.82) is 0 Å². The van der Waals surface area contributed by atoms with Crippen molar-refractivity contribution in [3.8, 4) is 0 Å². The second kappa shape index (κ2) is 7.73. The molecule has 0 aromatic carbocycles. The van der Waals surface area contributed by atoms with Crippen LogP contribution in [0, 0.1) is 0 Å². The van der Waals surface area contributed by atoms with Crippen LogP contribution >= 0.6 is 0 Å². The van der Waals surface area contributed by atoms with Crippen molar-refractivity contribution in [1.82, 2.24) is 0 Å². The summed E-state index contributed by atoms with van der Waals surface area (Å²) in [5.41, 5.74) is 11.3. The first-order chi connectivity index (χ1) is 5.80. The Kier molecular flexibility index (Phi) is 9.33. The summed E-state index contributed by atoms with van der Waals surface area (Å²) in [6.07, 6.45) is 4.80. The van der Waals surface area contributed by atoms with Gasteiger partial charge in [0.1, 0.15) is 0 Å². The number of hydrogen-bond acceptors (Lipinski definition) is 6. The number of nitrogens with two attached hydrogens (primary N) is 2. The van der Waals surface area contributed by atoms with E-state index in [4.69, 9.17) is 29.0 Å². The molecule has 2 atom stereocenters. The molecule has 0 aliphatic heterocycles. The van der Waals surface area contributed by atoms with Gasteiger partial charge in [-0.05, 0) is 12.8 Å². The van der Waals surface area contributed by atoms with Gasteiger partial charge in [-0.2, -0.15) is 0 Å². The van der Waals surface area contributed by atoms with Crippen molar-refractivity contribution in [2.24, 2.45) is 11.5 Å². The predicted molar refractivity (Wildman–Crippen MR) is 44.9 cm³/mol. The Morgan fingerprint density at radius 3 is 1.36 bits per heavy atom. The zero-order chi connectivity index (χ0) is 10.5.